The highest BCUT2D eigenvalue weighted by atomic mass is 35.5. The molecule has 3 N–H and O–H groups in total. The molecule has 1 aliphatic heterocycles. The van der Waals surface area contributed by atoms with Gasteiger partial charge in [-0.3, -0.25) is 19.8 Å². The molecule has 8 nitrogen and oxygen atoms in total. The summed E-state index contributed by atoms with van der Waals surface area (Å²) in [6.45, 7) is -0.181. The molecule has 2 atom stereocenters. The van der Waals surface area contributed by atoms with E-state index in [0.29, 0.717) is 11.6 Å². The molecule has 0 saturated carbocycles. The van der Waals surface area contributed by atoms with Gasteiger partial charge in [-0.15, -0.1) is 0 Å². The number of rotatable bonds is 6. The fourth-order valence-corrected chi connectivity index (χ4v) is 2.46. The molecule has 0 radical (unpaired) electrons. The molecule has 25 heavy (non-hydrogen) atoms. The first-order valence-corrected chi connectivity index (χ1v) is 8.13. The van der Waals surface area contributed by atoms with E-state index in [1.165, 1.54) is 4.90 Å². The number of nitrogens with one attached hydrogen (secondary N) is 3. The number of carbonyl (C=O) groups is 3. The number of halogens is 1. The van der Waals surface area contributed by atoms with Gasteiger partial charge in [-0.05, 0) is 17.7 Å². The molecule has 1 heterocycles. The maximum atomic E-state index is 12.3. The Morgan fingerprint density at radius 2 is 1.96 bits per heavy atom. The van der Waals surface area contributed by atoms with Crippen molar-refractivity contribution in [1.29, 1.82) is 0 Å². The molecule has 0 spiro atoms. The molecule has 1 aliphatic rings. The largest absolute Gasteiger partial charge is 0.455 e. The molecule has 2 unspecified atom stereocenters. The van der Waals surface area contributed by atoms with Crippen LogP contribution in [0.25, 0.3) is 0 Å². The van der Waals surface area contributed by atoms with E-state index in [1.807, 2.05) is 12.1 Å². The number of hydrogen-bond acceptors (Lipinski definition) is 6. The number of benzene rings is 1. The van der Waals surface area contributed by atoms with Crippen molar-refractivity contribution in [3.63, 3.8) is 0 Å². The molecule has 2 rings (SSSR count). The lowest BCUT2D eigenvalue weighted by molar-refractivity contribution is -0.152. The summed E-state index contributed by atoms with van der Waals surface area (Å²) in [6, 6.07) is 6.87. The van der Waals surface area contributed by atoms with E-state index in [2.05, 4.69) is 16.2 Å². The van der Waals surface area contributed by atoms with Crippen LogP contribution in [0.1, 0.15) is 11.6 Å². The van der Waals surface area contributed by atoms with Crippen molar-refractivity contribution in [2.75, 3.05) is 33.8 Å². The summed E-state index contributed by atoms with van der Waals surface area (Å²) in [6.07, 6.45) is 0. The minimum atomic E-state index is -0.523. The van der Waals surface area contributed by atoms with Gasteiger partial charge in [-0.25, -0.2) is 5.43 Å². The maximum Gasteiger partial charge on any atom is 0.312 e. The summed E-state index contributed by atoms with van der Waals surface area (Å²) in [5.41, 5.74) is 6.83. The fourth-order valence-electron chi connectivity index (χ4n) is 2.33. The Balaban J connectivity index is 1.84. The summed E-state index contributed by atoms with van der Waals surface area (Å²) in [5.74, 6) is -1.74. The highest BCUT2D eigenvalue weighted by Crippen LogP contribution is 2.26. The Morgan fingerprint density at radius 3 is 2.60 bits per heavy atom. The average Bonchev–Trinajstić information content (AvgIpc) is 3.07. The average molecular weight is 369 g/mol. The van der Waals surface area contributed by atoms with Gasteiger partial charge in [0.2, 0.25) is 5.91 Å². The zero-order valence-corrected chi connectivity index (χ0v) is 14.8. The van der Waals surface area contributed by atoms with Crippen molar-refractivity contribution in [1.82, 2.24) is 21.1 Å². The maximum absolute atomic E-state index is 12.3. The summed E-state index contributed by atoms with van der Waals surface area (Å²) < 4.78 is 5.07. The molecule has 0 bridgehead atoms. The van der Waals surface area contributed by atoms with Crippen molar-refractivity contribution in [3.8, 4) is 0 Å². The van der Waals surface area contributed by atoms with E-state index in [-0.39, 0.29) is 18.5 Å². The second-order valence-electron chi connectivity index (χ2n) is 5.83. The standard InChI is InChI=1S/C16H21ClN4O4/c1-21(2)14(23)8-18-13(22)9-25-16(24)12-7-19-20-15(12)10-3-5-11(17)6-4-10/h3-6,12,15,19-20H,7-9H2,1-2H3,(H,18,22). The molecule has 0 aliphatic carbocycles. The zero-order valence-electron chi connectivity index (χ0n) is 14.0. The van der Waals surface area contributed by atoms with Crippen LogP contribution in [-0.2, 0) is 19.1 Å². The van der Waals surface area contributed by atoms with Gasteiger partial charge in [0.25, 0.3) is 5.91 Å². The summed E-state index contributed by atoms with van der Waals surface area (Å²) >= 11 is 5.87. The van der Waals surface area contributed by atoms with Crippen LogP contribution < -0.4 is 16.2 Å². The molecule has 136 valence electrons. The van der Waals surface area contributed by atoms with E-state index in [1.54, 1.807) is 26.2 Å². The number of hydrazine groups is 1. The Labute approximate surface area is 150 Å². The summed E-state index contributed by atoms with van der Waals surface area (Å²) in [5, 5.41) is 3.01. The van der Waals surface area contributed by atoms with E-state index in [4.69, 9.17) is 16.3 Å². The molecule has 1 fully saturated rings. The lowest BCUT2D eigenvalue weighted by Gasteiger charge is -2.18. The molecule has 2 amide bonds. The Hall–Kier alpha value is -2.16. The van der Waals surface area contributed by atoms with Gasteiger partial charge in [-0.2, -0.15) is 0 Å². The summed E-state index contributed by atoms with van der Waals surface area (Å²) in [4.78, 5) is 36.7. The van der Waals surface area contributed by atoms with E-state index in [0.717, 1.165) is 5.56 Å². The van der Waals surface area contributed by atoms with Gasteiger partial charge in [0.05, 0.1) is 18.5 Å². The predicted molar refractivity (Wildman–Crippen MR) is 91.5 cm³/mol. The van der Waals surface area contributed by atoms with Crippen LogP contribution in [0.4, 0.5) is 0 Å². The van der Waals surface area contributed by atoms with Gasteiger partial charge >= 0.3 is 5.97 Å². The van der Waals surface area contributed by atoms with Crippen LogP contribution in [0.15, 0.2) is 24.3 Å². The first-order chi connectivity index (χ1) is 11.9. The second-order valence-corrected chi connectivity index (χ2v) is 6.27. The number of nitrogens with zero attached hydrogens (tertiary/aromatic N) is 1. The smallest absolute Gasteiger partial charge is 0.312 e. The lowest BCUT2D eigenvalue weighted by Crippen LogP contribution is -2.38. The third-order valence-electron chi connectivity index (χ3n) is 3.79. The highest BCUT2D eigenvalue weighted by Gasteiger charge is 2.35. The van der Waals surface area contributed by atoms with Crippen molar-refractivity contribution in [2.24, 2.45) is 5.92 Å². The highest BCUT2D eigenvalue weighted by molar-refractivity contribution is 6.30. The molecule has 1 saturated heterocycles. The van der Waals surface area contributed by atoms with E-state index >= 15 is 0 Å². The van der Waals surface area contributed by atoms with Gasteiger partial charge in [0.1, 0.15) is 0 Å². The fraction of sp³-hybridized carbons (Fsp3) is 0.438. The number of amides is 2. The zero-order chi connectivity index (χ0) is 18.4. The van der Waals surface area contributed by atoms with Crippen LogP contribution >= 0.6 is 11.6 Å². The van der Waals surface area contributed by atoms with Crippen molar-refractivity contribution >= 4 is 29.4 Å². The van der Waals surface area contributed by atoms with Crippen molar-refractivity contribution in [2.45, 2.75) is 6.04 Å². The van der Waals surface area contributed by atoms with Crippen LogP contribution in [0.3, 0.4) is 0 Å². The number of hydrogen-bond donors (Lipinski definition) is 3. The van der Waals surface area contributed by atoms with Crippen molar-refractivity contribution < 1.29 is 19.1 Å². The Kier molecular flexibility index (Phi) is 6.74. The summed E-state index contributed by atoms with van der Waals surface area (Å²) in [7, 11) is 3.18. The van der Waals surface area contributed by atoms with Crippen LogP contribution in [0.2, 0.25) is 5.02 Å². The topological polar surface area (TPSA) is 99.8 Å². The quantitative estimate of drug-likeness (QED) is 0.604. The number of likely N-dealkylation sites (N-methyl/N-ethyl adjacent to an activating group) is 1. The Morgan fingerprint density at radius 1 is 1.28 bits per heavy atom. The minimum absolute atomic E-state index is 0.136. The molecule has 9 heteroatoms. The van der Waals surface area contributed by atoms with Crippen LogP contribution in [0, 0.1) is 5.92 Å². The third kappa shape index (κ3) is 5.42. The normalized spacial score (nSPS) is 19.3. The van der Waals surface area contributed by atoms with Gasteiger partial charge in [0, 0.05) is 25.7 Å². The molecular weight excluding hydrogens is 348 g/mol. The number of carbonyl (C=O) groups excluding carboxylic acids is 3. The SMILES string of the molecule is CN(C)C(=O)CNC(=O)COC(=O)C1CNNC1c1ccc(Cl)cc1. The van der Waals surface area contributed by atoms with E-state index in [9.17, 15) is 14.4 Å². The molecule has 0 aromatic heterocycles. The molecule has 1 aromatic carbocycles. The van der Waals surface area contributed by atoms with Crippen LogP contribution in [0.5, 0.6) is 0 Å². The minimum Gasteiger partial charge on any atom is -0.455 e. The Bertz CT molecular complexity index is 636. The monoisotopic (exact) mass is 368 g/mol. The predicted octanol–water partition coefficient (Wildman–Crippen LogP) is -0.147. The first-order valence-electron chi connectivity index (χ1n) is 7.76. The number of ether oxygens (including phenoxy) is 1. The molecule has 1 aromatic rings. The van der Waals surface area contributed by atoms with Crippen LogP contribution in [-0.4, -0.2) is 56.5 Å². The lowest BCUT2D eigenvalue weighted by atomic mass is 9.95. The third-order valence-corrected chi connectivity index (χ3v) is 4.05. The first kappa shape index (κ1) is 19.2. The van der Waals surface area contributed by atoms with Crippen molar-refractivity contribution in [3.05, 3.63) is 34.9 Å². The van der Waals surface area contributed by atoms with Gasteiger partial charge in [0.15, 0.2) is 6.61 Å². The second kappa shape index (κ2) is 8.80. The molecular formula is C16H21ClN4O4. The van der Waals surface area contributed by atoms with Gasteiger partial charge in [-0.1, -0.05) is 23.7 Å². The van der Waals surface area contributed by atoms with Gasteiger partial charge < -0.3 is 15.0 Å². The number of esters is 1. The van der Waals surface area contributed by atoms with E-state index < -0.39 is 24.4 Å².